The Hall–Kier alpha value is -2.30. The molecule has 0 fully saturated rings. The van der Waals surface area contributed by atoms with Gasteiger partial charge < -0.3 is 15.2 Å². The van der Waals surface area contributed by atoms with E-state index < -0.39 is 0 Å². The molecule has 118 valence electrons. The Morgan fingerprint density at radius 1 is 1.41 bits per heavy atom. The lowest BCUT2D eigenvalue weighted by Crippen LogP contribution is -2.39. The number of benzene rings is 1. The number of H-pyrrole nitrogens is 1. The average Bonchev–Trinajstić information content (AvgIpc) is 2.98. The number of aryl methyl sites for hydroxylation is 2. The third kappa shape index (κ3) is 3.87. The molecule has 2 N–H and O–H groups in total. The molecule has 0 unspecified atom stereocenters. The summed E-state index contributed by atoms with van der Waals surface area (Å²) in [6.45, 7) is 6.70. The molecule has 2 amide bonds. The smallest absolute Gasteiger partial charge is 0.318 e. The van der Waals surface area contributed by atoms with Crippen LogP contribution in [0.15, 0.2) is 30.6 Å². The number of rotatable bonds is 5. The fraction of sp³-hybridized carbons (Fsp3) is 0.412. The summed E-state index contributed by atoms with van der Waals surface area (Å²) in [5.41, 5.74) is 3.62. The summed E-state index contributed by atoms with van der Waals surface area (Å²) in [5, 5.41) is 3.10. The zero-order valence-corrected chi connectivity index (χ0v) is 13.7. The SMILES string of the molecule is CC[C@H](NC(=O)N(C)Cc1ncc[nH]1)c1ccc(C)cc1C. The third-order valence-electron chi connectivity index (χ3n) is 3.80. The van der Waals surface area contributed by atoms with E-state index in [1.807, 2.05) is 0 Å². The van der Waals surface area contributed by atoms with Gasteiger partial charge >= 0.3 is 6.03 Å². The van der Waals surface area contributed by atoms with Gasteiger partial charge in [-0.3, -0.25) is 0 Å². The van der Waals surface area contributed by atoms with Crippen LogP contribution in [0, 0.1) is 13.8 Å². The number of hydrogen-bond acceptors (Lipinski definition) is 2. The van der Waals surface area contributed by atoms with Gasteiger partial charge in [0, 0.05) is 19.4 Å². The van der Waals surface area contributed by atoms with Crippen molar-refractivity contribution < 1.29 is 4.79 Å². The van der Waals surface area contributed by atoms with Gasteiger partial charge in [0.05, 0.1) is 12.6 Å². The molecular weight excluding hydrogens is 276 g/mol. The molecule has 0 saturated heterocycles. The highest BCUT2D eigenvalue weighted by Gasteiger charge is 2.17. The minimum atomic E-state index is -0.0942. The number of imidazole rings is 1. The van der Waals surface area contributed by atoms with Crippen LogP contribution < -0.4 is 5.32 Å². The first-order valence-electron chi connectivity index (χ1n) is 7.58. The Bertz CT molecular complexity index is 622. The Balaban J connectivity index is 2.04. The van der Waals surface area contributed by atoms with Crippen molar-refractivity contribution in [1.29, 1.82) is 0 Å². The van der Waals surface area contributed by atoms with E-state index >= 15 is 0 Å². The lowest BCUT2D eigenvalue weighted by molar-refractivity contribution is 0.201. The molecule has 1 aromatic carbocycles. The molecular formula is C17H24N4O. The van der Waals surface area contributed by atoms with Crippen LogP contribution >= 0.6 is 0 Å². The van der Waals surface area contributed by atoms with Crippen molar-refractivity contribution in [3.8, 4) is 0 Å². The monoisotopic (exact) mass is 300 g/mol. The third-order valence-corrected chi connectivity index (χ3v) is 3.80. The number of nitrogens with zero attached hydrogens (tertiary/aromatic N) is 2. The molecule has 2 rings (SSSR count). The molecule has 5 heteroatoms. The maximum absolute atomic E-state index is 12.4. The maximum atomic E-state index is 12.4. The Morgan fingerprint density at radius 2 is 2.18 bits per heavy atom. The summed E-state index contributed by atoms with van der Waals surface area (Å²) in [7, 11) is 1.77. The minimum Gasteiger partial charge on any atom is -0.347 e. The molecule has 22 heavy (non-hydrogen) atoms. The van der Waals surface area contributed by atoms with Crippen molar-refractivity contribution in [2.75, 3.05) is 7.05 Å². The number of carbonyl (C=O) groups excluding carboxylic acids is 1. The van der Waals surface area contributed by atoms with Gasteiger partial charge in [0.2, 0.25) is 0 Å². The number of aromatic amines is 1. The van der Waals surface area contributed by atoms with Crippen LogP contribution in [0.1, 0.15) is 41.9 Å². The van der Waals surface area contributed by atoms with Crippen LogP contribution in [0.5, 0.6) is 0 Å². The second-order valence-electron chi connectivity index (χ2n) is 5.66. The van der Waals surface area contributed by atoms with Crippen LogP contribution in [0.25, 0.3) is 0 Å². The van der Waals surface area contributed by atoms with E-state index in [-0.39, 0.29) is 12.1 Å². The maximum Gasteiger partial charge on any atom is 0.318 e. The van der Waals surface area contributed by atoms with Crippen molar-refractivity contribution in [2.45, 2.75) is 39.8 Å². The van der Waals surface area contributed by atoms with Gasteiger partial charge in [0.1, 0.15) is 5.82 Å². The predicted octanol–water partition coefficient (Wildman–Crippen LogP) is 3.32. The van der Waals surface area contributed by atoms with E-state index in [9.17, 15) is 4.79 Å². The van der Waals surface area contributed by atoms with Gasteiger partial charge in [-0.2, -0.15) is 0 Å². The molecule has 1 aromatic heterocycles. The van der Waals surface area contributed by atoms with Gasteiger partial charge in [0.25, 0.3) is 0 Å². The number of hydrogen-bond donors (Lipinski definition) is 2. The van der Waals surface area contributed by atoms with E-state index in [1.165, 1.54) is 16.7 Å². The van der Waals surface area contributed by atoms with Gasteiger partial charge in [-0.25, -0.2) is 9.78 Å². The number of carbonyl (C=O) groups is 1. The van der Waals surface area contributed by atoms with Gasteiger partial charge in [0.15, 0.2) is 0 Å². The number of aromatic nitrogens is 2. The largest absolute Gasteiger partial charge is 0.347 e. The van der Waals surface area contributed by atoms with E-state index in [0.717, 1.165) is 12.2 Å². The second kappa shape index (κ2) is 7.11. The average molecular weight is 300 g/mol. The summed E-state index contributed by atoms with van der Waals surface area (Å²) >= 11 is 0. The van der Waals surface area contributed by atoms with Crippen molar-refractivity contribution in [3.05, 3.63) is 53.1 Å². The standard InChI is InChI=1S/C17H24N4O/c1-5-15(14-7-6-12(2)10-13(14)3)20-17(22)21(4)11-16-18-8-9-19-16/h6-10,15H,5,11H2,1-4H3,(H,18,19)(H,20,22)/t15-/m0/s1. The first-order valence-corrected chi connectivity index (χ1v) is 7.58. The van der Waals surface area contributed by atoms with Crippen LogP contribution in [0.2, 0.25) is 0 Å². The van der Waals surface area contributed by atoms with Crippen LogP contribution in [-0.2, 0) is 6.54 Å². The molecule has 0 aliphatic carbocycles. The quantitative estimate of drug-likeness (QED) is 0.890. The summed E-state index contributed by atoms with van der Waals surface area (Å²) in [6.07, 6.45) is 4.29. The molecule has 2 aromatic rings. The molecule has 1 heterocycles. The van der Waals surface area contributed by atoms with E-state index in [2.05, 4.69) is 54.3 Å². The topological polar surface area (TPSA) is 61.0 Å². The minimum absolute atomic E-state index is 0.0205. The van der Waals surface area contributed by atoms with E-state index in [0.29, 0.717) is 6.54 Å². The second-order valence-corrected chi connectivity index (χ2v) is 5.66. The first-order chi connectivity index (χ1) is 10.5. The molecule has 0 radical (unpaired) electrons. The fourth-order valence-corrected chi connectivity index (χ4v) is 2.56. The fourth-order valence-electron chi connectivity index (χ4n) is 2.56. The van der Waals surface area contributed by atoms with Gasteiger partial charge in [-0.1, -0.05) is 30.7 Å². The lowest BCUT2D eigenvalue weighted by atomic mass is 9.97. The van der Waals surface area contributed by atoms with Gasteiger partial charge in [-0.15, -0.1) is 0 Å². The van der Waals surface area contributed by atoms with Crippen LogP contribution in [-0.4, -0.2) is 27.9 Å². The normalized spacial score (nSPS) is 12.0. The number of nitrogens with one attached hydrogen (secondary N) is 2. The van der Waals surface area contributed by atoms with Crippen molar-refractivity contribution >= 4 is 6.03 Å². The van der Waals surface area contributed by atoms with Crippen molar-refractivity contribution in [2.24, 2.45) is 0 Å². The van der Waals surface area contributed by atoms with Crippen LogP contribution in [0.3, 0.4) is 0 Å². The predicted molar refractivity (Wildman–Crippen MR) is 87.5 cm³/mol. The Kier molecular flexibility index (Phi) is 5.20. The zero-order valence-electron chi connectivity index (χ0n) is 13.7. The van der Waals surface area contributed by atoms with Crippen molar-refractivity contribution in [3.63, 3.8) is 0 Å². The summed E-state index contributed by atoms with van der Waals surface area (Å²) in [6, 6.07) is 6.27. The zero-order chi connectivity index (χ0) is 16.1. The highest BCUT2D eigenvalue weighted by Crippen LogP contribution is 2.22. The molecule has 0 bridgehead atoms. The molecule has 0 saturated carbocycles. The van der Waals surface area contributed by atoms with Crippen molar-refractivity contribution in [1.82, 2.24) is 20.2 Å². The highest BCUT2D eigenvalue weighted by molar-refractivity contribution is 5.74. The molecule has 0 aliphatic heterocycles. The first kappa shape index (κ1) is 16.1. The number of amides is 2. The molecule has 1 atom stereocenters. The molecule has 0 aliphatic rings. The highest BCUT2D eigenvalue weighted by atomic mass is 16.2. The summed E-state index contributed by atoms with van der Waals surface area (Å²) < 4.78 is 0. The molecule has 0 spiro atoms. The Labute approximate surface area is 131 Å². The van der Waals surface area contributed by atoms with Gasteiger partial charge in [-0.05, 0) is 31.4 Å². The number of urea groups is 1. The summed E-state index contributed by atoms with van der Waals surface area (Å²) in [4.78, 5) is 21.1. The Morgan fingerprint density at radius 3 is 2.77 bits per heavy atom. The molecule has 5 nitrogen and oxygen atoms in total. The lowest BCUT2D eigenvalue weighted by Gasteiger charge is -2.24. The summed E-state index contributed by atoms with van der Waals surface area (Å²) in [5.74, 6) is 0.775. The van der Waals surface area contributed by atoms with Crippen LogP contribution in [0.4, 0.5) is 4.79 Å². The van der Waals surface area contributed by atoms with E-state index in [4.69, 9.17) is 0 Å². The van der Waals surface area contributed by atoms with E-state index in [1.54, 1.807) is 24.3 Å².